The fourth-order valence-corrected chi connectivity index (χ4v) is 2.43. The van der Waals surface area contributed by atoms with Crippen molar-refractivity contribution < 1.29 is 4.79 Å². The zero-order valence-corrected chi connectivity index (χ0v) is 13.9. The second kappa shape index (κ2) is 7.32. The lowest BCUT2D eigenvalue weighted by molar-refractivity contribution is -0.115. The van der Waals surface area contributed by atoms with E-state index in [-0.39, 0.29) is 5.91 Å². The van der Waals surface area contributed by atoms with E-state index >= 15 is 0 Å². The molecular formula is C18H21ClN2O. The van der Waals surface area contributed by atoms with Gasteiger partial charge in [0.05, 0.1) is 0 Å². The zero-order valence-electron chi connectivity index (χ0n) is 13.2. The van der Waals surface area contributed by atoms with E-state index in [2.05, 4.69) is 16.7 Å². The van der Waals surface area contributed by atoms with Crippen LogP contribution in [0.15, 0.2) is 36.4 Å². The van der Waals surface area contributed by atoms with Gasteiger partial charge in [-0.3, -0.25) is 4.79 Å². The van der Waals surface area contributed by atoms with Gasteiger partial charge in [-0.05, 0) is 50.1 Å². The molecule has 0 fully saturated rings. The summed E-state index contributed by atoms with van der Waals surface area (Å²) in [4.78, 5) is 12.0. The molecule has 22 heavy (non-hydrogen) atoms. The second-order valence-electron chi connectivity index (χ2n) is 5.50. The Balaban J connectivity index is 1.86. The van der Waals surface area contributed by atoms with Crippen molar-refractivity contribution in [2.75, 3.05) is 17.2 Å². The maximum absolute atomic E-state index is 12.0. The Morgan fingerprint density at radius 3 is 2.50 bits per heavy atom. The maximum atomic E-state index is 12.0. The molecule has 0 atom stereocenters. The molecule has 116 valence electrons. The Hall–Kier alpha value is -2.00. The van der Waals surface area contributed by atoms with Crippen LogP contribution in [0.2, 0.25) is 5.02 Å². The van der Waals surface area contributed by atoms with Gasteiger partial charge in [0.2, 0.25) is 5.91 Å². The highest BCUT2D eigenvalue weighted by Gasteiger charge is 2.05. The van der Waals surface area contributed by atoms with E-state index in [1.807, 2.05) is 51.1 Å². The summed E-state index contributed by atoms with van der Waals surface area (Å²) >= 11 is 5.98. The first-order chi connectivity index (χ1) is 10.5. The van der Waals surface area contributed by atoms with Crippen molar-refractivity contribution in [3.8, 4) is 0 Å². The van der Waals surface area contributed by atoms with Crippen LogP contribution in [0.1, 0.15) is 23.1 Å². The van der Waals surface area contributed by atoms with Crippen LogP contribution in [0.25, 0.3) is 0 Å². The highest BCUT2D eigenvalue weighted by Crippen LogP contribution is 2.20. The number of rotatable bonds is 5. The van der Waals surface area contributed by atoms with Crippen molar-refractivity contribution >= 4 is 28.9 Å². The molecule has 2 N–H and O–H groups in total. The third-order valence-electron chi connectivity index (χ3n) is 3.52. The standard InChI is InChI=1S/C18H21ClN2O/c1-12-4-7-16(14(3)10-12)21-18(22)8-9-20-17-11-15(19)6-5-13(17)2/h4-7,10-11,20H,8-9H2,1-3H3,(H,21,22). The molecule has 0 heterocycles. The first kappa shape index (κ1) is 16.4. The molecule has 2 aromatic rings. The molecule has 0 aliphatic heterocycles. The minimum Gasteiger partial charge on any atom is -0.384 e. The summed E-state index contributed by atoms with van der Waals surface area (Å²) in [6.07, 6.45) is 0.402. The van der Waals surface area contributed by atoms with Gasteiger partial charge in [-0.1, -0.05) is 35.4 Å². The largest absolute Gasteiger partial charge is 0.384 e. The number of halogens is 1. The van der Waals surface area contributed by atoms with Gasteiger partial charge in [0.1, 0.15) is 0 Å². The minimum atomic E-state index is -0.000802. The lowest BCUT2D eigenvalue weighted by atomic mass is 10.1. The number of hydrogen-bond acceptors (Lipinski definition) is 2. The van der Waals surface area contributed by atoms with Crippen molar-refractivity contribution in [1.82, 2.24) is 0 Å². The van der Waals surface area contributed by atoms with Gasteiger partial charge in [0, 0.05) is 29.4 Å². The summed E-state index contributed by atoms with van der Waals surface area (Å²) in [5, 5.41) is 6.88. The number of nitrogens with one attached hydrogen (secondary N) is 2. The molecule has 2 rings (SSSR count). The third-order valence-corrected chi connectivity index (χ3v) is 3.76. The van der Waals surface area contributed by atoms with Gasteiger partial charge in [-0.25, -0.2) is 0 Å². The van der Waals surface area contributed by atoms with Crippen molar-refractivity contribution in [2.45, 2.75) is 27.2 Å². The van der Waals surface area contributed by atoms with Gasteiger partial charge in [-0.15, -0.1) is 0 Å². The number of amides is 1. The van der Waals surface area contributed by atoms with E-state index in [0.717, 1.165) is 22.5 Å². The van der Waals surface area contributed by atoms with Crippen LogP contribution in [0.4, 0.5) is 11.4 Å². The van der Waals surface area contributed by atoms with Crippen molar-refractivity contribution in [3.63, 3.8) is 0 Å². The molecule has 0 aliphatic carbocycles. The first-order valence-electron chi connectivity index (χ1n) is 7.33. The molecule has 0 saturated heterocycles. The number of hydrogen-bond donors (Lipinski definition) is 2. The summed E-state index contributed by atoms with van der Waals surface area (Å²) in [6.45, 7) is 6.61. The Bertz CT molecular complexity index is 683. The van der Waals surface area contributed by atoms with Crippen LogP contribution in [-0.2, 0) is 4.79 Å². The number of aryl methyl sites for hydroxylation is 3. The van der Waals surface area contributed by atoms with Gasteiger partial charge in [0.15, 0.2) is 0 Å². The number of benzene rings is 2. The normalized spacial score (nSPS) is 10.4. The minimum absolute atomic E-state index is 0.000802. The highest BCUT2D eigenvalue weighted by molar-refractivity contribution is 6.30. The molecule has 0 spiro atoms. The molecular weight excluding hydrogens is 296 g/mol. The predicted molar refractivity (Wildman–Crippen MR) is 93.8 cm³/mol. The lowest BCUT2D eigenvalue weighted by Crippen LogP contribution is -2.17. The molecule has 0 bridgehead atoms. The summed E-state index contributed by atoms with van der Waals surface area (Å²) in [5.41, 5.74) is 5.21. The average molecular weight is 317 g/mol. The average Bonchev–Trinajstić information content (AvgIpc) is 2.46. The van der Waals surface area contributed by atoms with Crippen LogP contribution in [0, 0.1) is 20.8 Å². The summed E-state index contributed by atoms with van der Waals surface area (Å²) in [7, 11) is 0. The molecule has 0 aliphatic rings. The van der Waals surface area contributed by atoms with E-state index in [9.17, 15) is 4.79 Å². The molecule has 0 unspecified atom stereocenters. The molecule has 3 nitrogen and oxygen atoms in total. The third kappa shape index (κ3) is 4.50. The van der Waals surface area contributed by atoms with Crippen molar-refractivity contribution in [1.29, 1.82) is 0 Å². The van der Waals surface area contributed by atoms with Crippen LogP contribution in [-0.4, -0.2) is 12.5 Å². The number of carbonyl (C=O) groups is 1. The van der Waals surface area contributed by atoms with Crippen molar-refractivity contribution in [3.05, 3.63) is 58.1 Å². The van der Waals surface area contributed by atoms with E-state index in [1.54, 1.807) is 0 Å². The Morgan fingerprint density at radius 1 is 1.00 bits per heavy atom. The fourth-order valence-electron chi connectivity index (χ4n) is 2.26. The number of carbonyl (C=O) groups excluding carboxylic acids is 1. The van der Waals surface area contributed by atoms with E-state index in [4.69, 9.17) is 11.6 Å². The second-order valence-corrected chi connectivity index (χ2v) is 5.94. The first-order valence-corrected chi connectivity index (χ1v) is 7.70. The quantitative estimate of drug-likeness (QED) is 0.839. The van der Waals surface area contributed by atoms with E-state index in [1.165, 1.54) is 5.56 Å². The molecule has 4 heteroatoms. The zero-order chi connectivity index (χ0) is 16.1. The number of anilines is 2. The van der Waals surface area contributed by atoms with Crippen LogP contribution in [0.5, 0.6) is 0 Å². The van der Waals surface area contributed by atoms with Gasteiger partial charge >= 0.3 is 0 Å². The Labute approximate surface area is 136 Å². The summed E-state index contributed by atoms with van der Waals surface area (Å²) < 4.78 is 0. The Kier molecular flexibility index (Phi) is 5.45. The smallest absolute Gasteiger partial charge is 0.226 e. The summed E-state index contributed by atoms with van der Waals surface area (Å²) in [5.74, 6) is -0.000802. The molecule has 1 amide bonds. The fraction of sp³-hybridized carbons (Fsp3) is 0.278. The van der Waals surface area contributed by atoms with Gasteiger partial charge < -0.3 is 10.6 Å². The van der Waals surface area contributed by atoms with E-state index in [0.29, 0.717) is 18.0 Å². The summed E-state index contributed by atoms with van der Waals surface area (Å²) in [6, 6.07) is 11.7. The molecule has 0 radical (unpaired) electrons. The lowest BCUT2D eigenvalue weighted by Gasteiger charge is -2.11. The highest BCUT2D eigenvalue weighted by atomic mass is 35.5. The Morgan fingerprint density at radius 2 is 1.77 bits per heavy atom. The van der Waals surface area contributed by atoms with Gasteiger partial charge in [0.25, 0.3) is 0 Å². The van der Waals surface area contributed by atoms with E-state index < -0.39 is 0 Å². The topological polar surface area (TPSA) is 41.1 Å². The predicted octanol–water partition coefficient (Wildman–Crippen LogP) is 4.71. The molecule has 0 saturated carbocycles. The molecule has 0 aromatic heterocycles. The van der Waals surface area contributed by atoms with Crippen molar-refractivity contribution in [2.24, 2.45) is 0 Å². The van der Waals surface area contributed by atoms with Crippen LogP contribution in [0.3, 0.4) is 0 Å². The molecule has 2 aromatic carbocycles. The SMILES string of the molecule is Cc1ccc(NC(=O)CCNc2cc(Cl)ccc2C)c(C)c1. The van der Waals surface area contributed by atoms with Crippen LogP contribution >= 0.6 is 11.6 Å². The monoisotopic (exact) mass is 316 g/mol. The maximum Gasteiger partial charge on any atom is 0.226 e. The van der Waals surface area contributed by atoms with Gasteiger partial charge in [-0.2, -0.15) is 0 Å². The van der Waals surface area contributed by atoms with Crippen LogP contribution < -0.4 is 10.6 Å².